The molecule has 9 nitrogen and oxygen atoms in total. The molecule has 3 aromatic rings. The summed E-state index contributed by atoms with van der Waals surface area (Å²) in [5, 5.41) is 5.54. The number of sulfonamides is 1. The molecule has 178 valence electrons. The van der Waals surface area contributed by atoms with Crippen molar-refractivity contribution in [1.29, 1.82) is 0 Å². The summed E-state index contributed by atoms with van der Waals surface area (Å²) in [6.45, 7) is 1.66. The van der Waals surface area contributed by atoms with Gasteiger partial charge in [-0.3, -0.25) is 0 Å². The molecule has 34 heavy (non-hydrogen) atoms. The highest BCUT2D eigenvalue weighted by Gasteiger charge is 2.41. The van der Waals surface area contributed by atoms with E-state index in [-0.39, 0.29) is 10.9 Å². The highest BCUT2D eigenvalue weighted by molar-refractivity contribution is 7.89. The number of aryl methyl sites for hydroxylation is 1. The first-order chi connectivity index (χ1) is 16.2. The van der Waals surface area contributed by atoms with Crippen LogP contribution in [0.1, 0.15) is 17.0 Å². The highest BCUT2D eigenvalue weighted by Crippen LogP contribution is 2.26. The molecule has 2 heterocycles. The van der Waals surface area contributed by atoms with Gasteiger partial charge < -0.3 is 15.6 Å². The number of nitrogens with one attached hydrogen (secondary N) is 4. The standard InChI is InChI=1S/C22H23F2N7O2S/c1-14-3-6-17(12-18(14)34(32,33)25-2)30-21-28-13-22(23,24)20(31-21)29-16-7-4-15(5-8-16)11-19-26-9-10-27-19/h3-10,12-13,20,25,29H,11H2,1-2H3,(H,26,27)(H,30,31). The second-order valence-electron chi connectivity index (χ2n) is 7.65. The number of aromatic nitrogens is 2. The lowest BCUT2D eigenvalue weighted by atomic mass is 10.1. The van der Waals surface area contributed by atoms with Gasteiger partial charge in [0.1, 0.15) is 5.82 Å². The Labute approximate surface area is 195 Å². The largest absolute Gasteiger partial charge is 0.358 e. The molecule has 12 heteroatoms. The number of alkyl halides is 2. The Bertz CT molecular complexity index is 1320. The molecule has 0 radical (unpaired) electrons. The van der Waals surface area contributed by atoms with E-state index in [2.05, 4.69) is 35.3 Å². The van der Waals surface area contributed by atoms with E-state index in [1.165, 1.54) is 13.1 Å². The number of rotatable bonds is 7. The van der Waals surface area contributed by atoms with Crippen LogP contribution in [-0.2, 0) is 16.4 Å². The van der Waals surface area contributed by atoms with Gasteiger partial charge in [0, 0.05) is 30.2 Å². The van der Waals surface area contributed by atoms with E-state index < -0.39 is 22.1 Å². The average Bonchev–Trinajstić information content (AvgIpc) is 3.32. The maximum Gasteiger partial charge on any atom is 0.322 e. The molecule has 1 atom stereocenters. The van der Waals surface area contributed by atoms with Crippen molar-refractivity contribution in [2.24, 2.45) is 9.98 Å². The molecule has 0 fully saturated rings. The summed E-state index contributed by atoms with van der Waals surface area (Å²) < 4.78 is 55.6. The van der Waals surface area contributed by atoms with Crippen LogP contribution in [0.2, 0.25) is 0 Å². The van der Waals surface area contributed by atoms with E-state index in [4.69, 9.17) is 0 Å². The minimum Gasteiger partial charge on any atom is -0.358 e. The first-order valence-electron chi connectivity index (χ1n) is 10.3. The number of guanidine groups is 1. The fraction of sp³-hybridized carbons (Fsp3) is 0.227. The molecule has 4 rings (SSSR count). The molecule has 0 bridgehead atoms. The van der Waals surface area contributed by atoms with Gasteiger partial charge in [-0.2, -0.15) is 8.78 Å². The van der Waals surface area contributed by atoms with Gasteiger partial charge in [0.05, 0.1) is 11.1 Å². The number of aliphatic imine (C=N–C) groups is 2. The Hall–Kier alpha value is -3.64. The van der Waals surface area contributed by atoms with Crippen molar-refractivity contribution >= 4 is 33.6 Å². The molecule has 4 N–H and O–H groups in total. The summed E-state index contributed by atoms with van der Waals surface area (Å²) in [5.74, 6) is -2.60. The van der Waals surface area contributed by atoms with Crippen molar-refractivity contribution < 1.29 is 17.2 Å². The molecule has 1 aromatic heterocycles. The van der Waals surface area contributed by atoms with Gasteiger partial charge in [0.25, 0.3) is 0 Å². The zero-order valence-corrected chi connectivity index (χ0v) is 19.2. The molecular formula is C22H23F2N7O2S. The number of aromatic amines is 1. The third-order valence-electron chi connectivity index (χ3n) is 5.16. The molecule has 0 aliphatic carbocycles. The average molecular weight is 488 g/mol. The van der Waals surface area contributed by atoms with Gasteiger partial charge in [-0.1, -0.05) is 18.2 Å². The Balaban J connectivity index is 1.50. The maximum atomic E-state index is 14.5. The van der Waals surface area contributed by atoms with Crippen molar-refractivity contribution in [3.63, 3.8) is 0 Å². The Morgan fingerprint density at radius 2 is 1.85 bits per heavy atom. The topological polar surface area (TPSA) is 124 Å². The van der Waals surface area contributed by atoms with E-state index in [9.17, 15) is 17.2 Å². The second-order valence-corrected chi connectivity index (χ2v) is 9.51. The Morgan fingerprint density at radius 3 is 2.53 bits per heavy atom. The van der Waals surface area contributed by atoms with Crippen molar-refractivity contribution in [1.82, 2.24) is 14.7 Å². The number of halogens is 2. The van der Waals surface area contributed by atoms with E-state index in [1.54, 1.807) is 43.6 Å². The van der Waals surface area contributed by atoms with Gasteiger partial charge in [0.15, 0.2) is 6.17 Å². The van der Waals surface area contributed by atoms with Crippen LogP contribution in [0, 0.1) is 6.92 Å². The van der Waals surface area contributed by atoms with Crippen molar-refractivity contribution in [3.05, 3.63) is 71.8 Å². The lowest BCUT2D eigenvalue weighted by Gasteiger charge is -2.26. The second kappa shape index (κ2) is 9.31. The lowest BCUT2D eigenvalue weighted by molar-refractivity contribution is 0.0627. The van der Waals surface area contributed by atoms with Gasteiger partial charge in [-0.25, -0.2) is 28.1 Å². The molecule has 0 amide bonds. The number of H-pyrrole nitrogens is 1. The SMILES string of the molecule is CNS(=O)(=O)c1cc(NC2=NC(Nc3ccc(Cc4ncc[nH]4)cc3)C(F)(F)C=N2)ccc1C. The number of nitrogens with zero attached hydrogens (tertiary/aromatic N) is 3. The van der Waals surface area contributed by atoms with E-state index >= 15 is 0 Å². The van der Waals surface area contributed by atoms with Crippen LogP contribution in [-0.4, -0.2) is 49.7 Å². The lowest BCUT2D eigenvalue weighted by Crippen LogP contribution is -2.43. The summed E-state index contributed by atoms with van der Waals surface area (Å²) in [6.07, 6.45) is 2.91. The summed E-state index contributed by atoms with van der Waals surface area (Å²) in [6, 6.07) is 11.6. The van der Waals surface area contributed by atoms with Crippen molar-refractivity contribution in [2.45, 2.75) is 30.3 Å². The van der Waals surface area contributed by atoms with Gasteiger partial charge in [-0.05, 0) is 49.4 Å². The van der Waals surface area contributed by atoms with E-state index in [1.807, 2.05) is 12.1 Å². The van der Waals surface area contributed by atoms with Crippen LogP contribution in [0.3, 0.4) is 0 Å². The van der Waals surface area contributed by atoms with Crippen LogP contribution < -0.4 is 15.4 Å². The summed E-state index contributed by atoms with van der Waals surface area (Å²) in [7, 11) is -2.38. The fourth-order valence-electron chi connectivity index (χ4n) is 3.32. The van der Waals surface area contributed by atoms with Crippen LogP contribution in [0.5, 0.6) is 0 Å². The minimum atomic E-state index is -3.69. The molecule has 1 aliphatic rings. The summed E-state index contributed by atoms with van der Waals surface area (Å²) in [5.41, 5.74) is 2.32. The zero-order chi connectivity index (χ0) is 24.3. The number of anilines is 2. The minimum absolute atomic E-state index is 0.0648. The molecule has 1 unspecified atom stereocenters. The molecule has 0 saturated heterocycles. The fourth-order valence-corrected chi connectivity index (χ4v) is 4.32. The zero-order valence-electron chi connectivity index (χ0n) is 18.4. The normalized spacial score (nSPS) is 17.3. The smallest absolute Gasteiger partial charge is 0.322 e. The van der Waals surface area contributed by atoms with Crippen LogP contribution in [0.4, 0.5) is 20.2 Å². The van der Waals surface area contributed by atoms with E-state index in [0.29, 0.717) is 29.6 Å². The van der Waals surface area contributed by atoms with Crippen LogP contribution in [0.25, 0.3) is 0 Å². The first-order valence-corrected chi connectivity index (χ1v) is 11.8. The Kier molecular flexibility index (Phi) is 6.44. The number of imidazole rings is 1. The van der Waals surface area contributed by atoms with E-state index in [0.717, 1.165) is 11.4 Å². The number of hydrogen-bond donors (Lipinski definition) is 4. The highest BCUT2D eigenvalue weighted by atomic mass is 32.2. The number of benzene rings is 2. The molecule has 1 aliphatic heterocycles. The molecule has 0 spiro atoms. The number of hydrogen-bond acceptors (Lipinski definition) is 7. The maximum absolute atomic E-state index is 14.5. The monoisotopic (exact) mass is 487 g/mol. The van der Waals surface area contributed by atoms with Crippen LogP contribution in [0.15, 0.2) is 69.7 Å². The predicted octanol–water partition coefficient (Wildman–Crippen LogP) is 3.14. The first kappa shape index (κ1) is 23.5. The summed E-state index contributed by atoms with van der Waals surface area (Å²) in [4.78, 5) is 15.0. The predicted molar refractivity (Wildman–Crippen MR) is 127 cm³/mol. The van der Waals surface area contributed by atoms with Crippen LogP contribution >= 0.6 is 0 Å². The van der Waals surface area contributed by atoms with Crippen molar-refractivity contribution in [2.75, 3.05) is 17.7 Å². The summed E-state index contributed by atoms with van der Waals surface area (Å²) >= 11 is 0. The third-order valence-corrected chi connectivity index (χ3v) is 6.72. The van der Waals surface area contributed by atoms with Crippen molar-refractivity contribution in [3.8, 4) is 0 Å². The van der Waals surface area contributed by atoms with Gasteiger partial charge in [0.2, 0.25) is 16.0 Å². The quantitative estimate of drug-likeness (QED) is 0.408. The Morgan fingerprint density at radius 1 is 1.12 bits per heavy atom. The molecular weight excluding hydrogens is 464 g/mol. The van der Waals surface area contributed by atoms with Gasteiger partial charge in [-0.15, -0.1) is 0 Å². The molecule has 2 aromatic carbocycles. The third kappa shape index (κ3) is 5.29. The molecule has 0 saturated carbocycles. The van der Waals surface area contributed by atoms with Gasteiger partial charge >= 0.3 is 5.92 Å².